The van der Waals surface area contributed by atoms with E-state index in [1.165, 1.54) is 32.2 Å². The maximum Gasteiger partial charge on any atom is 0.0575 e. The van der Waals surface area contributed by atoms with E-state index in [1.807, 2.05) is 6.92 Å². The molecule has 90 valence electrons. The second-order valence-electron chi connectivity index (χ2n) is 5.69. The standard InChI is InChI=1S/C13H27NO/c1-5-12-8-6-7-9-14(12)10-13(3,4)11(2)15/h11-12,15H,5-10H2,1-4H3. The first-order valence-corrected chi connectivity index (χ1v) is 6.39. The van der Waals surface area contributed by atoms with Crippen LogP contribution in [0.15, 0.2) is 0 Å². The topological polar surface area (TPSA) is 23.5 Å². The maximum atomic E-state index is 9.74. The van der Waals surface area contributed by atoms with Crippen molar-refractivity contribution in [1.29, 1.82) is 0 Å². The van der Waals surface area contributed by atoms with Crippen LogP contribution >= 0.6 is 0 Å². The van der Waals surface area contributed by atoms with Gasteiger partial charge in [0, 0.05) is 18.0 Å². The van der Waals surface area contributed by atoms with Gasteiger partial charge in [-0.1, -0.05) is 27.2 Å². The van der Waals surface area contributed by atoms with Crippen molar-refractivity contribution in [3.63, 3.8) is 0 Å². The van der Waals surface area contributed by atoms with Gasteiger partial charge >= 0.3 is 0 Å². The molecule has 0 aromatic rings. The molecule has 0 aromatic heterocycles. The van der Waals surface area contributed by atoms with E-state index >= 15 is 0 Å². The smallest absolute Gasteiger partial charge is 0.0575 e. The third kappa shape index (κ3) is 3.46. The number of likely N-dealkylation sites (tertiary alicyclic amines) is 1. The molecule has 1 rings (SSSR count). The summed E-state index contributed by atoms with van der Waals surface area (Å²) in [4.78, 5) is 2.58. The van der Waals surface area contributed by atoms with Gasteiger partial charge < -0.3 is 5.11 Å². The number of rotatable bonds is 4. The van der Waals surface area contributed by atoms with E-state index < -0.39 is 0 Å². The third-order valence-corrected chi connectivity index (χ3v) is 3.96. The number of aliphatic hydroxyl groups excluding tert-OH is 1. The molecule has 1 saturated heterocycles. The highest BCUT2D eigenvalue weighted by molar-refractivity contribution is 4.84. The molecule has 0 radical (unpaired) electrons. The zero-order valence-corrected chi connectivity index (χ0v) is 10.8. The van der Waals surface area contributed by atoms with Gasteiger partial charge in [-0.15, -0.1) is 0 Å². The van der Waals surface area contributed by atoms with Crippen LogP contribution in [0.4, 0.5) is 0 Å². The molecule has 0 bridgehead atoms. The lowest BCUT2D eigenvalue weighted by molar-refractivity contribution is 0.0118. The Morgan fingerprint density at radius 2 is 2.07 bits per heavy atom. The van der Waals surface area contributed by atoms with Crippen LogP contribution in [0.1, 0.15) is 53.4 Å². The van der Waals surface area contributed by atoms with Gasteiger partial charge in [-0.05, 0) is 32.7 Å². The zero-order valence-electron chi connectivity index (χ0n) is 10.8. The fraction of sp³-hybridized carbons (Fsp3) is 1.00. The van der Waals surface area contributed by atoms with Gasteiger partial charge in [-0.25, -0.2) is 0 Å². The van der Waals surface area contributed by atoms with Crippen molar-refractivity contribution in [3.8, 4) is 0 Å². The molecule has 1 N–H and O–H groups in total. The summed E-state index contributed by atoms with van der Waals surface area (Å²) in [6.07, 6.45) is 5.07. The van der Waals surface area contributed by atoms with Gasteiger partial charge in [-0.3, -0.25) is 4.90 Å². The lowest BCUT2D eigenvalue weighted by atomic mass is 9.85. The summed E-state index contributed by atoms with van der Waals surface area (Å²) in [5.41, 5.74) is 0.0186. The molecule has 15 heavy (non-hydrogen) atoms. The van der Waals surface area contributed by atoms with Crippen LogP contribution in [0.2, 0.25) is 0 Å². The van der Waals surface area contributed by atoms with Gasteiger partial charge in [0.1, 0.15) is 0 Å². The summed E-state index contributed by atoms with van der Waals surface area (Å²) in [5, 5.41) is 9.74. The Kier molecular flexibility index (Phi) is 4.60. The van der Waals surface area contributed by atoms with Crippen LogP contribution < -0.4 is 0 Å². The quantitative estimate of drug-likeness (QED) is 0.776. The summed E-state index contributed by atoms with van der Waals surface area (Å²) >= 11 is 0. The average molecular weight is 213 g/mol. The minimum atomic E-state index is -0.225. The van der Waals surface area contributed by atoms with Crippen molar-refractivity contribution in [2.24, 2.45) is 5.41 Å². The highest BCUT2D eigenvalue weighted by Gasteiger charge is 2.30. The number of hydrogen-bond acceptors (Lipinski definition) is 2. The normalized spacial score (nSPS) is 26.6. The van der Waals surface area contributed by atoms with Crippen LogP contribution in [0.25, 0.3) is 0 Å². The second kappa shape index (κ2) is 5.31. The molecule has 0 saturated carbocycles. The lowest BCUT2D eigenvalue weighted by Gasteiger charge is -2.41. The second-order valence-corrected chi connectivity index (χ2v) is 5.69. The molecule has 1 heterocycles. The Labute approximate surface area is 94.7 Å². The summed E-state index contributed by atoms with van der Waals surface area (Å²) in [5.74, 6) is 0. The van der Waals surface area contributed by atoms with Crippen molar-refractivity contribution < 1.29 is 5.11 Å². The monoisotopic (exact) mass is 213 g/mol. The Hall–Kier alpha value is -0.0800. The molecule has 2 heteroatoms. The van der Waals surface area contributed by atoms with Gasteiger partial charge in [0.2, 0.25) is 0 Å². The summed E-state index contributed by atoms with van der Waals surface area (Å²) in [6, 6.07) is 0.747. The van der Waals surface area contributed by atoms with Crippen LogP contribution in [0.5, 0.6) is 0 Å². The fourth-order valence-electron chi connectivity index (χ4n) is 2.39. The van der Waals surface area contributed by atoms with Gasteiger partial charge in [-0.2, -0.15) is 0 Å². The van der Waals surface area contributed by atoms with Crippen LogP contribution in [-0.2, 0) is 0 Å². The highest BCUT2D eigenvalue weighted by atomic mass is 16.3. The van der Waals surface area contributed by atoms with Crippen molar-refractivity contribution in [1.82, 2.24) is 4.90 Å². The zero-order chi connectivity index (χ0) is 11.5. The first-order valence-electron chi connectivity index (χ1n) is 6.39. The van der Waals surface area contributed by atoms with E-state index in [-0.39, 0.29) is 11.5 Å². The first-order chi connectivity index (χ1) is 6.97. The average Bonchev–Trinajstić information content (AvgIpc) is 2.18. The fourth-order valence-corrected chi connectivity index (χ4v) is 2.39. The van der Waals surface area contributed by atoms with Gasteiger partial charge in [0.15, 0.2) is 0 Å². The van der Waals surface area contributed by atoms with E-state index in [0.717, 1.165) is 12.6 Å². The molecule has 1 aliphatic rings. The number of aliphatic hydroxyl groups is 1. The van der Waals surface area contributed by atoms with Crippen LogP contribution in [0.3, 0.4) is 0 Å². The van der Waals surface area contributed by atoms with E-state index in [9.17, 15) is 5.11 Å². The molecular weight excluding hydrogens is 186 g/mol. The first kappa shape index (κ1) is 13.0. The predicted molar refractivity (Wildman–Crippen MR) is 65.0 cm³/mol. The molecule has 1 aliphatic heterocycles. The SMILES string of the molecule is CCC1CCCCN1CC(C)(C)C(C)O. The summed E-state index contributed by atoms with van der Waals surface area (Å²) in [6.45, 7) is 10.8. The predicted octanol–water partition coefficient (Wildman–Crippen LogP) is 2.66. The third-order valence-electron chi connectivity index (χ3n) is 3.96. The van der Waals surface area contributed by atoms with E-state index in [2.05, 4.69) is 25.7 Å². The number of hydrogen-bond donors (Lipinski definition) is 1. The molecule has 2 nitrogen and oxygen atoms in total. The minimum Gasteiger partial charge on any atom is -0.393 e. The molecule has 2 atom stereocenters. The van der Waals surface area contributed by atoms with Crippen molar-refractivity contribution in [2.45, 2.75) is 65.5 Å². The van der Waals surface area contributed by atoms with Crippen LogP contribution in [0, 0.1) is 5.41 Å². The molecule has 0 aromatic carbocycles. The van der Waals surface area contributed by atoms with E-state index in [4.69, 9.17) is 0 Å². The summed E-state index contributed by atoms with van der Waals surface area (Å²) in [7, 11) is 0. The van der Waals surface area contributed by atoms with E-state index in [1.54, 1.807) is 0 Å². The lowest BCUT2D eigenvalue weighted by Crippen LogP contribution is -2.47. The van der Waals surface area contributed by atoms with Crippen molar-refractivity contribution >= 4 is 0 Å². The van der Waals surface area contributed by atoms with Crippen molar-refractivity contribution in [2.75, 3.05) is 13.1 Å². The Morgan fingerprint density at radius 3 is 2.60 bits per heavy atom. The molecule has 2 unspecified atom stereocenters. The number of nitrogens with zero attached hydrogens (tertiary/aromatic N) is 1. The van der Waals surface area contributed by atoms with Crippen molar-refractivity contribution in [3.05, 3.63) is 0 Å². The number of piperidine rings is 1. The Balaban J connectivity index is 2.54. The molecule has 1 fully saturated rings. The Bertz CT molecular complexity index is 189. The maximum absolute atomic E-state index is 9.74. The summed E-state index contributed by atoms with van der Waals surface area (Å²) < 4.78 is 0. The van der Waals surface area contributed by atoms with Crippen LogP contribution in [-0.4, -0.2) is 35.2 Å². The molecule has 0 spiro atoms. The Morgan fingerprint density at radius 1 is 1.40 bits per heavy atom. The molecule has 0 aliphatic carbocycles. The molecular formula is C13H27NO. The van der Waals surface area contributed by atoms with Gasteiger partial charge in [0.05, 0.1) is 6.10 Å². The largest absolute Gasteiger partial charge is 0.393 e. The minimum absolute atomic E-state index is 0.0186. The van der Waals surface area contributed by atoms with E-state index in [0.29, 0.717) is 0 Å². The molecule has 0 amide bonds. The highest BCUT2D eigenvalue weighted by Crippen LogP contribution is 2.27. The van der Waals surface area contributed by atoms with Gasteiger partial charge in [0.25, 0.3) is 0 Å².